The second-order valence-corrected chi connectivity index (χ2v) is 8.31. The lowest BCUT2D eigenvalue weighted by Crippen LogP contribution is -2.31. The lowest BCUT2D eigenvalue weighted by atomic mass is 10.1. The standard InChI is InChI=1S/C24H38N8O4/c25-8-14-35-16-17-36-15-10-26-21(34)19-6-4-7-20(18-19)28-23-29-22(27-9-5-13-33)30-24(31-23)32-11-2-1-3-12-32/h4,6-7,18,33H,1-3,5,8-17,25H2,(H,26,34)(H2,27,28,29,30,31). The van der Waals surface area contributed by atoms with Gasteiger partial charge in [0.15, 0.2) is 0 Å². The molecule has 0 bridgehead atoms. The Morgan fingerprint density at radius 3 is 2.56 bits per heavy atom. The van der Waals surface area contributed by atoms with Crippen molar-refractivity contribution in [2.75, 3.05) is 81.3 Å². The van der Waals surface area contributed by atoms with Gasteiger partial charge in [0.2, 0.25) is 17.8 Å². The van der Waals surface area contributed by atoms with Crippen LogP contribution in [-0.2, 0) is 9.47 Å². The minimum absolute atomic E-state index is 0.0896. The SMILES string of the molecule is NCCOCCOCCNC(=O)c1cccc(Nc2nc(NCCCO)nc(N3CCCCC3)n2)c1. The predicted molar refractivity (Wildman–Crippen MR) is 139 cm³/mol. The van der Waals surface area contributed by atoms with Gasteiger partial charge in [-0.2, -0.15) is 15.0 Å². The third-order valence-electron chi connectivity index (χ3n) is 5.43. The van der Waals surface area contributed by atoms with Crippen LogP contribution in [0.25, 0.3) is 0 Å². The van der Waals surface area contributed by atoms with Gasteiger partial charge in [0.05, 0.1) is 26.4 Å². The van der Waals surface area contributed by atoms with Crippen molar-refractivity contribution in [2.45, 2.75) is 25.7 Å². The van der Waals surface area contributed by atoms with Gasteiger partial charge in [-0.3, -0.25) is 4.79 Å². The zero-order valence-electron chi connectivity index (χ0n) is 20.7. The first-order valence-corrected chi connectivity index (χ1v) is 12.6. The Hall–Kier alpha value is -3.06. The lowest BCUT2D eigenvalue weighted by molar-refractivity contribution is 0.0511. The zero-order valence-corrected chi connectivity index (χ0v) is 20.7. The fourth-order valence-corrected chi connectivity index (χ4v) is 3.63. The van der Waals surface area contributed by atoms with Crippen molar-refractivity contribution < 1.29 is 19.4 Å². The van der Waals surface area contributed by atoms with Gasteiger partial charge in [-0.25, -0.2) is 0 Å². The van der Waals surface area contributed by atoms with Gasteiger partial charge < -0.3 is 41.2 Å². The number of aliphatic hydroxyl groups is 1. The molecular weight excluding hydrogens is 464 g/mol. The van der Waals surface area contributed by atoms with E-state index in [4.69, 9.17) is 20.3 Å². The quantitative estimate of drug-likeness (QED) is 0.209. The number of aliphatic hydroxyl groups excluding tert-OH is 1. The van der Waals surface area contributed by atoms with Gasteiger partial charge >= 0.3 is 0 Å². The molecule has 2 heterocycles. The summed E-state index contributed by atoms with van der Waals surface area (Å²) in [5.74, 6) is 1.25. The highest BCUT2D eigenvalue weighted by molar-refractivity contribution is 5.95. The Morgan fingerprint density at radius 1 is 1.00 bits per heavy atom. The number of amides is 1. The Balaban J connectivity index is 1.58. The van der Waals surface area contributed by atoms with Crippen LogP contribution in [0.2, 0.25) is 0 Å². The fourth-order valence-electron chi connectivity index (χ4n) is 3.63. The van der Waals surface area contributed by atoms with Gasteiger partial charge in [-0.05, 0) is 43.9 Å². The van der Waals surface area contributed by atoms with Crippen LogP contribution >= 0.6 is 0 Å². The van der Waals surface area contributed by atoms with Crippen molar-refractivity contribution in [3.05, 3.63) is 29.8 Å². The summed E-state index contributed by atoms with van der Waals surface area (Å²) in [6.07, 6.45) is 4.01. The maximum absolute atomic E-state index is 12.6. The molecule has 1 aliphatic rings. The van der Waals surface area contributed by atoms with Crippen molar-refractivity contribution in [1.82, 2.24) is 20.3 Å². The molecule has 3 rings (SSSR count). The monoisotopic (exact) mass is 502 g/mol. The number of carbonyl (C=O) groups excluding carboxylic acids is 1. The van der Waals surface area contributed by atoms with Gasteiger partial charge in [0.1, 0.15) is 0 Å². The summed E-state index contributed by atoms with van der Waals surface area (Å²) in [4.78, 5) is 28.4. The molecule has 36 heavy (non-hydrogen) atoms. The summed E-state index contributed by atoms with van der Waals surface area (Å²) in [5, 5.41) is 18.3. The van der Waals surface area contributed by atoms with Crippen LogP contribution in [0.5, 0.6) is 0 Å². The Bertz CT molecular complexity index is 927. The molecule has 198 valence electrons. The van der Waals surface area contributed by atoms with E-state index in [0.717, 1.165) is 25.9 Å². The first kappa shape index (κ1) is 27.5. The average molecular weight is 503 g/mol. The predicted octanol–water partition coefficient (Wildman–Crippen LogP) is 1.12. The molecule has 0 spiro atoms. The van der Waals surface area contributed by atoms with E-state index in [0.29, 0.717) is 81.6 Å². The topological polar surface area (TPSA) is 160 Å². The minimum atomic E-state index is -0.197. The summed E-state index contributed by atoms with van der Waals surface area (Å²) < 4.78 is 10.7. The number of aromatic nitrogens is 3. The summed E-state index contributed by atoms with van der Waals surface area (Å²) in [6, 6.07) is 7.15. The Kier molecular flexibility index (Phi) is 12.1. The summed E-state index contributed by atoms with van der Waals surface area (Å²) in [6.45, 7) is 5.17. The highest BCUT2D eigenvalue weighted by Crippen LogP contribution is 2.21. The summed E-state index contributed by atoms with van der Waals surface area (Å²) >= 11 is 0. The summed E-state index contributed by atoms with van der Waals surface area (Å²) in [7, 11) is 0. The maximum Gasteiger partial charge on any atom is 0.251 e. The second-order valence-electron chi connectivity index (χ2n) is 8.31. The van der Waals surface area contributed by atoms with Crippen molar-refractivity contribution >= 4 is 29.4 Å². The normalized spacial score (nSPS) is 13.4. The number of piperidine rings is 1. The van der Waals surface area contributed by atoms with Gasteiger partial charge in [-0.15, -0.1) is 0 Å². The van der Waals surface area contributed by atoms with E-state index in [1.165, 1.54) is 6.42 Å². The average Bonchev–Trinajstić information content (AvgIpc) is 2.91. The van der Waals surface area contributed by atoms with E-state index >= 15 is 0 Å². The first-order chi connectivity index (χ1) is 17.7. The van der Waals surface area contributed by atoms with Crippen molar-refractivity contribution in [3.8, 4) is 0 Å². The van der Waals surface area contributed by atoms with Crippen molar-refractivity contribution in [2.24, 2.45) is 5.73 Å². The number of hydrogen-bond donors (Lipinski definition) is 5. The molecule has 1 amide bonds. The minimum Gasteiger partial charge on any atom is -0.396 e. The van der Waals surface area contributed by atoms with Crippen molar-refractivity contribution in [3.63, 3.8) is 0 Å². The largest absolute Gasteiger partial charge is 0.396 e. The van der Waals surface area contributed by atoms with E-state index in [1.807, 2.05) is 6.07 Å². The molecule has 1 aromatic carbocycles. The molecule has 1 fully saturated rings. The number of benzene rings is 1. The fraction of sp³-hybridized carbons (Fsp3) is 0.583. The molecule has 0 atom stereocenters. The number of carbonyl (C=O) groups is 1. The maximum atomic E-state index is 12.6. The van der Waals surface area contributed by atoms with E-state index < -0.39 is 0 Å². The Labute approximate surface area is 212 Å². The van der Waals surface area contributed by atoms with E-state index in [2.05, 4.69) is 35.8 Å². The smallest absolute Gasteiger partial charge is 0.251 e. The molecule has 0 radical (unpaired) electrons. The van der Waals surface area contributed by atoms with Crippen LogP contribution in [0.3, 0.4) is 0 Å². The van der Waals surface area contributed by atoms with Crippen LogP contribution in [0.1, 0.15) is 36.0 Å². The van der Waals surface area contributed by atoms with Crippen LogP contribution in [0, 0.1) is 0 Å². The number of nitrogens with one attached hydrogen (secondary N) is 3. The highest BCUT2D eigenvalue weighted by Gasteiger charge is 2.17. The Morgan fingerprint density at radius 2 is 1.78 bits per heavy atom. The molecule has 2 aromatic rings. The molecule has 12 heteroatoms. The molecule has 6 N–H and O–H groups in total. The van der Waals surface area contributed by atoms with E-state index in [9.17, 15) is 4.79 Å². The number of nitrogens with two attached hydrogens (primary N) is 1. The van der Waals surface area contributed by atoms with E-state index in [-0.39, 0.29) is 12.5 Å². The summed E-state index contributed by atoms with van der Waals surface area (Å²) in [5.41, 5.74) is 6.56. The molecule has 1 aliphatic heterocycles. The van der Waals surface area contributed by atoms with Crippen LogP contribution in [-0.4, -0.2) is 91.7 Å². The van der Waals surface area contributed by atoms with Gasteiger partial charge in [0.25, 0.3) is 5.91 Å². The molecule has 1 saturated heterocycles. The van der Waals surface area contributed by atoms with Gasteiger partial charge in [0, 0.05) is 50.6 Å². The second kappa shape index (κ2) is 15.8. The van der Waals surface area contributed by atoms with Crippen LogP contribution in [0.15, 0.2) is 24.3 Å². The van der Waals surface area contributed by atoms with Crippen molar-refractivity contribution in [1.29, 1.82) is 0 Å². The van der Waals surface area contributed by atoms with Crippen LogP contribution < -0.4 is 26.6 Å². The third kappa shape index (κ3) is 9.53. The molecule has 0 saturated carbocycles. The van der Waals surface area contributed by atoms with Crippen LogP contribution in [0.4, 0.5) is 23.5 Å². The molecule has 12 nitrogen and oxygen atoms in total. The third-order valence-corrected chi connectivity index (χ3v) is 5.43. The molecular formula is C24H38N8O4. The first-order valence-electron chi connectivity index (χ1n) is 12.6. The number of anilines is 4. The number of hydrogen-bond acceptors (Lipinski definition) is 11. The molecule has 0 aliphatic carbocycles. The highest BCUT2D eigenvalue weighted by atomic mass is 16.5. The van der Waals surface area contributed by atoms with Gasteiger partial charge in [-0.1, -0.05) is 6.07 Å². The number of nitrogens with zero attached hydrogens (tertiary/aromatic N) is 4. The zero-order chi connectivity index (χ0) is 25.4. The molecule has 1 aromatic heterocycles. The number of ether oxygens (including phenoxy) is 2. The molecule has 0 unspecified atom stereocenters. The van der Waals surface area contributed by atoms with E-state index in [1.54, 1.807) is 18.2 Å². The lowest BCUT2D eigenvalue weighted by Gasteiger charge is -2.27. The number of rotatable bonds is 16.